The summed E-state index contributed by atoms with van der Waals surface area (Å²) in [6.45, 7) is 8.35. The van der Waals surface area contributed by atoms with Gasteiger partial charge in [0.1, 0.15) is 17.3 Å². The van der Waals surface area contributed by atoms with E-state index in [-0.39, 0.29) is 5.41 Å². The smallest absolute Gasteiger partial charge is 0.132 e. The fourth-order valence-electron chi connectivity index (χ4n) is 2.10. The second-order valence-electron chi connectivity index (χ2n) is 6.07. The first kappa shape index (κ1) is 14.4. The van der Waals surface area contributed by atoms with Gasteiger partial charge in [0, 0.05) is 23.4 Å². The number of nitrogens with two attached hydrogens (primary N) is 1. The number of hydrogen-bond donors (Lipinski definition) is 1. The lowest BCUT2D eigenvalue weighted by molar-refractivity contribution is 0.451. The molecule has 0 aromatic heterocycles. The summed E-state index contributed by atoms with van der Waals surface area (Å²) >= 11 is 0. The Labute approximate surface area is 119 Å². The lowest BCUT2D eigenvalue weighted by Gasteiger charge is -2.23. The molecule has 0 aliphatic heterocycles. The average molecular weight is 273 g/mol. The minimum atomic E-state index is -0.398. The number of ether oxygens (including phenoxy) is 1. The third kappa shape index (κ3) is 3.29. The van der Waals surface area contributed by atoms with Crippen molar-refractivity contribution in [1.82, 2.24) is 0 Å². The topological polar surface area (TPSA) is 35.2 Å². The first-order chi connectivity index (χ1) is 9.25. The first-order valence-corrected chi connectivity index (χ1v) is 6.61. The second kappa shape index (κ2) is 5.16. The Kier molecular flexibility index (Phi) is 3.71. The monoisotopic (exact) mass is 273 g/mol. The van der Waals surface area contributed by atoms with Gasteiger partial charge in [-0.05, 0) is 30.0 Å². The highest BCUT2D eigenvalue weighted by Gasteiger charge is 2.19. The molecule has 0 heterocycles. The van der Waals surface area contributed by atoms with Crippen LogP contribution in [-0.2, 0) is 5.41 Å². The molecule has 2 aromatic rings. The summed E-state index contributed by atoms with van der Waals surface area (Å²) in [6.07, 6.45) is 0. The van der Waals surface area contributed by atoms with Gasteiger partial charge in [-0.3, -0.25) is 0 Å². The van der Waals surface area contributed by atoms with Gasteiger partial charge in [-0.2, -0.15) is 0 Å². The van der Waals surface area contributed by atoms with Gasteiger partial charge in [0.05, 0.1) is 0 Å². The number of aryl methyl sites for hydroxylation is 1. The van der Waals surface area contributed by atoms with E-state index in [0.717, 1.165) is 16.9 Å². The van der Waals surface area contributed by atoms with Gasteiger partial charge in [0.25, 0.3) is 0 Å². The summed E-state index contributed by atoms with van der Waals surface area (Å²) in [5, 5.41) is 0. The van der Waals surface area contributed by atoms with Crippen molar-refractivity contribution in [2.24, 2.45) is 0 Å². The van der Waals surface area contributed by atoms with E-state index in [2.05, 4.69) is 20.8 Å². The molecule has 0 fully saturated rings. The SMILES string of the molecule is Cc1ccc(C(C)(C)C)c(Oc2cc(N)cc(F)c2)c1. The molecule has 2 rings (SSSR count). The van der Waals surface area contributed by atoms with Crippen LogP contribution in [0.1, 0.15) is 31.9 Å². The van der Waals surface area contributed by atoms with E-state index >= 15 is 0 Å². The van der Waals surface area contributed by atoms with E-state index in [1.807, 2.05) is 25.1 Å². The summed E-state index contributed by atoms with van der Waals surface area (Å²) in [4.78, 5) is 0. The van der Waals surface area contributed by atoms with Crippen LogP contribution in [0.15, 0.2) is 36.4 Å². The number of hydrogen-bond acceptors (Lipinski definition) is 2. The van der Waals surface area contributed by atoms with Crippen molar-refractivity contribution in [3.05, 3.63) is 53.3 Å². The molecule has 0 spiro atoms. The van der Waals surface area contributed by atoms with Crippen molar-refractivity contribution >= 4 is 5.69 Å². The Morgan fingerprint density at radius 2 is 1.75 bits per heavy atom. The van der Waals surface area contributed by atoms with Gasteiger partial charge in [0.2, 0.25) is 0 Å². The van der Waals surface area contributed by atoms with E-state index in [1.54, 1.807) is 6.07 Å². The zero-order valence-corrected chi connectivity index (χ0v) is 12.3. The second-order valence-corrected chi connectivity index (χ2v) is 6.07. The van der Waals surface area contributed by atoms with Gasteiger partial charge in [-0.25, -0.2) is 4.39 Å². The molecule has 0 saturated carbocycles. The molecule has 0 aliphatic rings. The maximum atomic E-state index is 13.4. The fourth-order valence-corrected chi connectivity index (χ4v) is 2.10. The molecule has 0 saturated heterocycles. The molecule has 0 atom stereocenters. The Morgan fingerprint density at radius 1 is 1.05 bits per heavy atom. The van der Waals surface area contributed by atoms with Crippen molar-refractivity contribution in [2.75, 3.05) is 5.73 Å². The summed E-state index contributed by atoms with van der Waals surface area (Å²) < 4.78 is 19.2. The van der Waals surface area contributed by atoms with Crippen molar-refractivity contribution in [1.29, 1.82) is 0 Å². The van der Waals surface area contributed by atoms with E-state index in [0.29, 0.717) is 11.4 Å². The lowest BCUT2D eigenvalue weighted by atomic mass is 9.86. The zero-order chi connectivity index (χ0) is 14.9. The van der Waals surface area contributed by atoms with Crippen LogP contribution in [0, 0.1) is 12.7 Å². The number of benzene rings is 2. The Balaban J connectivity index is 2.44. The highest BCUT2D eigenvalue weighted by atomic mass is 19.1. The zero-order valence-electron chi connectivity index (χ0n) is 12.3. The third-order valence-corrected chi connectivity index (χ3v) is 3.07. The molecule has 20 heavy (non-hydrogen) atoms. The van der Waals surface area contributed by atoms with Crippen LogP contribution in [-0.4, -0.2) is 0 Å². The normalized spacial score (nSPS) is 11.4. The van der Waals surface area contributed by atoms with Crippen LogP contribution in [0.2, 0.25) is 0 Å². The minimum absolute atomic E-state index is 0.0537. The predicted octanol–water partition coefficient (Wildman–Crippen LogP) is 4.81. The Hall–Kier alpha value is -2.03. The van der Waals surface area contributed by atoms with Gasteiger partial charge in [0.15, 0.2) is 0 Å². The highest BCUT2D eigenvalue weighted by molar-refractivity contribution is 5.48. The van der Waals surface area contributed by atoms with Crippen molar-refractivity contribution in [2.45, 2.75) is 33.1 Å². The third-order valence-electron chi connectivity index (χ3n) is 3.07. The van der Waals surface area contributed by atoms with Gasteiger partial charge < -0.3 is 10.5 Å². The molecular formula is C17H20FNO. The fraction of sp³-hybridized carbons (Fsp3) is 0.294. The van der Waals surface area contributed by atoms with Gasteiger partial charge >= 0.3 is 0 Å². The minimum Gasteiger partial charge on any atom is -0.457 e. The van der Waals surface area contributed by atoms with Crippen molar-refractivity contribution in [3.8, 4) is 11.5 Å². The predicted molar refractivity (Wildman–Crippen MR) is 80.8 cm³/mol. The standard InChI is InChI=1S/C17H20FNO/c1-11-5-6-15(17(2,3)4)16(7-11)20-14-9-12(18)8-13(19)10-14/h5-10H,19H2,1-4H3. The summed E-state index contributed by atoms with van der Waals surface area (Å²) in [5.74, 6) is 0.756. The molecule has 2 aromatic carbocycles. The van der Waals surface area contributed by atoms with Gasteiger partial charge in [-0.1, -0.05) is 32.9 Å². The number of anilines is 1. The van der Waals surface area contributed by atoms with Crippen molar-refractivity contribution < 1.29 is 9.13 Å². The van der Waals surface area contributed by atoms with Crippen LogP contribution in [0.3, 0.4) is 0 Å². The van der Waals surface area contributed by atoms with Crippen LogP contribution in [0.25, 0.3) is 0 Å². The van der Waals surface area contributed by atoms with Crippen molar-refractivity contribution in [3.63, 3.8) is 0 Å². The van der Waals surface area contributed by atoms with E-state index < -0.39 is 5.82 Å². The van der Waals surface area contributed by atoms with E-state index in [4.69, 9.17) is 10.5 Å². The molecule has 0 unspecified atom stereocenters. The summed E-state index contributed by atoms with van der Waals surface area (Å²) in [5.41, 5.74) is 8.11. The molecule has 0 radical (unpaired) electrons. The molecule has 0 bridgehead atoms. The number of rotatable bonds is 2. The van der Waals surface area contributed by atoms with Crippen LogP contribution < -0.4 is 10.5 Å². The summed E-state index contributed by atoms with van der Waals surface area (Å²) in [7, 11) is 0. The van der Waals surface area contributed by atoms with E-state index in [1.165, 1.54) is 12.1 Å². The molecular weight excluding hydrogens is 253 g/mol. The Bertz CT molecular complexity index is 609. The molecule has 0 amide bonds. The maximum absolute atomic E-state index is 13.4. The van der Waals surface area contributed by atoms with E-state index in [9.17, 15) is 4.39 Å². The molecule has 3 heteroatoms. The van der Waals surface area contributed by atoms with Gasteiger partial charge in [-0.15, -0.1) is 0 Å². The first-order valence-electron chi connectivity index (χ1n) is 6.61. The van der Waals surface area contributed by atoms with Crippen LogP contribution in [0.5, 0.6) is 11.5 Å². The number of nitrogen functional groups attached to an aromatic ring is 1. The Morgan fingerprint density at radius 3 is 2.35 bits per heavy atom. The lowest BCUT2D eigenvalue weighted by Crippen LogP contribution is -2.12. The molecule has 2 nitrogen and oxygen atoms in total. The molecule has 106 valence electrons. The highest BCUT2D eigenvalue weighted by Crippen LogP contribution is 2.35. The van der Waals surface area contributed by atoms with Crippen LogP contribution in [0.4, 0.5) is 10.1 Å². The maximum Gasteiger partial charge on any atom is 0.132 e. The van der Waals surface area contributed by atoms with Crippen LogP contribution >= 0.6 is 0 Å². The number of halogens is 1. The molecule has 2 N–H and O–H groups in total. The largest absolute Gasteiger partial charge is 0.457 e. The quantitative estimate of drug-likeness (QED) is 0.797. The summed E-state index contributed by atoms with van der Waals surface area (Å²) in [6, 6.07) is 10.3. The average Bonchev–Trinajstić information content (AvgIpc) is 2.25. The molecule has 0 aliphatic carbocycles.